The number of ether oxygens (including phenoxy) is 1. The van der Waals surface area contributed by atoms with E-state index in [9.17, 15) is 4.79 Å². The molecule has 1 rings (SSSR count). The minimum Gasteiger partial charge on any atom is -0.493 e. The molecule has 112 valence electrons. The number of rotatable bonds is 8. The molecule has 0 aliphatic carbocycles. The Morgan fingerprint density at radius 3 is 2.75 bits per heavy atom. The Labute approximate surface area is 121 Å². The van der Waals surface area contributed by atoms with Gasteiger partial charge in [-0.2, -0.15) is 0 Å². The summed E-state index contributed by atoms with van der Waals surface area (Å²) in [6, 6.07) is 8.05. The van der Waals surface area contributed by atoms with Crippen LogP contribution in [0.25, 0.3) is 0 Å². The van der Waals surface area contributed by atoms with Crippen LogP contribution in [0.15, 0.2) is 24.3 Å². The van der Waals surface area contributed by atoms with Gasteiger partial charge in [0.15, 0.2) is 0 Å². The molecule has 0 unspecified atom stereocenters. The second-order valence-electron chi connectivity index (χ2n) is 5.24. The molecular formula is C16H26N2O2. The van der Waals surface area contributed by atoms with Crippen LogP contribution in [0.3, 0.4) is 0 Å². The first-order valence-electron chi connectivity index (χ1n) is 7.23. The van der Waals surface area contributed by atoms with Crippen LogP contribution in [0, 0.1) is 6.92 Å². The van der Waals surface area contributed by atoms with E-state index in [1.54, 1.807) is 0 Å². The maximum Gasteiger partial charge on any atom is 0.226 e. The largest absolute Gasteiger partial charge is 0.493 e. The fourth-order valence-corrected chi connectivity index (χ4v) is 2.04. The third kappa shape index (κ3) is 5.61. The van der Waals surface area contributed by atoms with Crippen LogP contribution in [0.1, 0.15) is 32.3 Å². The quantitative estimate of drug-likeness (QED) is 0.794. The normalized spacial score (nSPS) is 10.7. The summed E-state index contributed by atoms with van der Waals surface area (Å²) in [5.41, 5.74) is 6.66. The van der Waals surface area contributed by atoms with Crippen LogP contribution in [-0.4, -0.2) is 36.5 Å². The zero-order valence-electron chi connectivity index (χ0n) is 12.8. The highest BCUT2D eigenvalue weighted by atomic mass is 16.5. The van der Waals surface area contributed by atoms with Gasteiger partial charge in [-0.1, -0.05) is 12.1 Å². The summed E-state index contributed by atoms with van der Waals surface area (Å²) in [6.07, 6.45) is 1.24. The van der Waals surface area contributed by atoms with Gasteiger partial charge in [0.05, 0.1) is 13.0 Å². The van der Waals surface area contributed by atoms with Crippen LogP contribution < -0.4 is 10.5 Å². The zero-order chi connectivity index (χ0) is 15.0. The predicted molar refractivity (Wildman–Crippen MR) is 81.8 cm³/mol. The second-order valence-corrected chi connectivity index (χ2v) is 5.24. The fraction of sp³-hybridized carbons (Fsp3) is 0.562. The van der Waals surface area contributed by atoms with E-state index in [1.807, 2.05) is 49.9 Å². The maximum atomic E-state index is 12.2. The van der Waals surface area contributed by atoms with Crippen LogP contribution in [0.4, 0.5) is 0 Å². The number of nitrogens with zero attached hydrogens (tertiary/aromatic N) is 1. The van der Waals surface area contributed by atoms with Gasteiger partial charge in [-0.05, 0) is 51.4 Å². The molecule has 4 nitrogen and oxygen atoms in total. The van der Waals surface area contributed by atoms with E-state index in [4.69, 9.17) is 10.5 Å². The van der Waals surface area contributed by atoms with Crippen molar-refractivity contribution in [3.63, 3.8) is 0 Å². The van der Waals surface area contributed by atoms with Crippen molar-refractivity contribution in [1.29, 1.82) is 0 Å². The molecule has 1 aromatic rings. The lowest BCUT2D eigenvalue weighted by Gasteiger charge is -2.26. The Hall–Kier alpha value is -1.55. The SMILES string of the molecule is Cc1cccc(OCCC(=O)N(CCCN)C(C)C)c1. The number of nitrogens with two attached hydrogens (primary N) is 1. The van der Waals surface area contributed by atoms with E-state index in [0.717, 1.165) is 24.3 Å². The molecule has 20 heavy (non-hydrogen) atoms. The molecule has 0 spiro atoms. The zero-order valence-corrected chi connectivity index (χ0v) is 12.8. The summed E-state index contributed by atoms with van der Waals surface area (Å²) in [6.45, 7) is 7.80. The molecule has 0 heterocycles. The first-order valence-corrected chi connectivity index (χ1v) is 7.23. The lowest BCUT2D eigenvalue weighted by molar-refractivity contribution is -0.133. The Morgan fingerprint density at radius 2 is 2.15 bits per heavy atom. The Balaban J connectivity index is 2.41. The van der Waals surface area contributed by atoms with Gasteiger partial charge in [0.2, 0.25) is 5.91 Å². The Kier molecular flexibility index (Phi) is 7.09. The van der Waals surface area contributed by atoms with E-state index in [0.29, 0.717) is 19.6 Å². The Bertz CT molecular complexity index is 419. The number of benzene rings is 1. The second kappa shape index (κ2) is 8.59. The van der Waals surface area contributed by atoms with Gasteiger partial charge in [0.1, 0.15) is 5.75 Å². The third-order valence-electron chi connectivity index (χ3n) is 3.12. The standard InChI is InChI=1S/C16H26N2O2/c1-13(2)18(10-5-9-17)16(19)8-11-20-15-7-4-6-14(3)12-15/h4,6-7,12-13H,5,8-11,17H2,1-3H3. The number of carbonyl (C=O) groups is 1. The minimum atomic E-state index is 0.126. The van der Waals surface area contributed by atoms with Crippen LogP contribution in [0.2, 0.25) is 0 Å². The number of hydrogen-bond acceptors (Lipinski definition) is 3. The smallest absolute Gasteiger partial charge is 0.226 e. The van der Waals surface area contributed by atoms with Gasteiger partial charge in [0.25, 0.3) is 0 Å². The molecule has 1 aromatic carbocycles. The van der Waals surface area contributed by atoms with Crippen molar-refractivity contribution in [2.75, 3.05) is 19.7 Å². The monoisotopic (exact) mass is 278 g/mol. The van der Waals surface area contributed by atoms with Crippen LogP contribution in [-0.2, 0) is 4.79 Å². The summed E-state index contributed by atoms with van der Waals surface area (Å²) in [7, 11) is 0. The molecule has 0 saturated heterocycles. The lowest BCUT2D eigenvalue weighted by Crippen LogP contribution is -2.39. The van der Waals surface area contributed by atoms with Gasteiger partial charge in [-0.25, -0.2) is 0 Å². The number of hydrogen-bond donors (Lipinski definition) is 1. The van der Waals surface area contributed by atoms with Crippen molar-refractivity contribution in [3.05, 3.63) is 29.8 Å². The minimum absolute atomic E-state index is 0.126. The summed E-state index contributed by atoms with van der Waals surface area (Å²) in [5, 5.41) is 0. The van der Waals surface area contributed by atoms with Crippen molar-refractivity contribution < 1.29 is 9.53 Å². The third-order valence-corrected chi connectivity index (χ3v) is 3.12. The molecule has 0 aliphatic heterocycles. The van der Waals surface area contributed by atoms with Gasteiger partial charge in [0, 0.05) is 12.6 Å². The molecule has 0 atom stereocenters. The van der Waals surface area contributed by atoms with Crippen LogP contribution >= 0.6 is 0 Å². The summed E-state index contributed by atoms with van der Waals surface area (Å²) >= 11 is 0. The van der Waals surface area contributed by atoms with E-state index in [1.165, 1.54) is 0 Å². The number of aryl methyl sites for hydroxylation is 1. The molecule has 0 aliphatic rings. The summed E-state index contributed by atoms with van der Waals surface area (Å²) in [5.74, 6) is 0.942. The van der Waals surface area contributed by atoms with E-state index in [-0.39, 0.29) is 11.9 Å². The highest BCUT2D eigenvalue weighted by Gasteiger charge is 2.16. The molecule has 2 N–H and O–H groups in total. The molecular weight excluding hydrogens is 252 g/mol. The molecule has 0 saturated carbocycles. The van der Waals surface area contributed by atoms with Crippen molar-refractivity contribution in [2.45, 2.75) is 39.7 Å². The highest BCUT2D eigenvalue weighted by Crippen LogP contribution is 2.13. The molecule has 4 heteroatoms. The maximum absolute atomic E-state index is 12.2. The van der Waals surface area contributed by atoms with E-state index < -0.39 is 0 Å². The van der Waals surface area contributed by atoms with Gasteiger partial charge >= 0.3 is 0 Å². The molecule has 0 aromatic heterocycles. The average molecular weight is 278 g/mol. The van der Waals surface area contributed by atoms with Crippen molar-refractivity contribution in [3.8, 4) is 5.75 Å². The molecule has 0 bridgehead atoms. The average Bonchev–Trinajstić information content (AvgIpc) is 2.39. The molecule has 1 amide bonds. The summed E-state index contributed by atoms with van der Waals surface area (Å²) in [4.78, 5) is 14.0. The van der Waals surface area contributed by atoms with Gasteiger partial charge in [-0.3, -0.25) is 4.79 Å². The lowest BCUT2D eigenvalue weighted by atomic mass is 10.2. The summed E-state index contributed by atoms with van der Waals surface area (Å²) < 4.78 is 5.62. The van der Waals surface area contributed by atoms with Gasteiger partial charge in [-0.15, -0.1) is 0 Å². The Morgan fingerprint density at radius 1 is 1.40 bits per heavy atom. The number of carbonyl (C=O) groups excluding carboxylic acids is 1. The van der Waals surface area contributed by atoms with Crippen molar-refractivity contribution in [1.82, 2.24) is 4.90 Å². The van der Waals surface area contributed by atoms with Gasteiger partial charge < -0.3 is 15.4 Å². The number of amides is 1. The molecule has 0 fully saturated rings. The first-order chi connectivity index (χ1) is 9.54. The fourth-order valence-electron chi connectivity index (χ4n) is 2.04. The topological polar surface area (TPSA) is 55.6 Å². The highest BCUT2D eigenvalue weighted by molar-refractivity contribution is 5.76. The molecule has 0 radical (unpaired) electrons. The van der Waals surface area contributed by atoms with Crippen molar-refractivity contribution in [2.24, 2.45) is 5.73 Å². The van der Waals surface area contributed by atoms with Crippen molar-refractivity contribution >= 4 is 5.91 Å². The van der Waals surface area contributed by atoms with E-state index >= 15 is 0 Å². The predicted octanol–water partition coefficient (Wildman–Crippen LogP) is 2.35. The van der Waals surface area contributed by atoms with E-state index in [2.05, 4.69) is 0 Å². The first kappa shape index (κ1) is 16.5. The van der Waals surface area contributed by atoms with Crippen LogP contribution in [0.5, 0.6) is 5.75 Å².